The number of benzene rings is 1. The second-order valence-electron chi connectivity index (χ2n) is 3.27. The minimum Gasteiger partial charge on any atom is -0.360 e. The molecule has 1 heterocycles. The van der Waals surface area contributed by atoms with E-state index in [1.54, 1.807) is 18.2 Å². The molecule has 0 aliphatic heterocycles. The van der Waals surface area contributed by atoms with E-state index in [1.165, 1.54) is 6.20 Å². The first-order valence-corrected chi connectivity index (χ1v) is 5.08. The van der Waals surface area contributed by atoms with E-state index in [0.29, 0.717) is 10.9 Å². The fraction of sp³-hybridized carbons (Fsp3) is 0.200. The van der Waals surface area contributed by atoms with Crippen LogP contribution in [0.1, 0.15) is 5.56 Å². The van der Waals surface area contributed by atoms with Crippen LogP contribution in [0.2, 0.25) is 0 Å². The fourth-order valence-corrected chi connectivity index (χ4v) is 2.02. The topological polar surface area (TPSA) is 15.8 Å². The molecule has 1 N–H and O–H groups in total. The number of rotatable bonds is 1. The van der Waals surface area contributed by atoms with Crippen molar-refractivity contribution in [1.82, 2.24) is 4.98 Å². The molecule has 0 radical (unpaired) electrons. The van der Waals surface area contributed by atoms with Crippen LogP contribution >= 0.6 is 15.9 Å². The number of alkyl halides is 3. The number of halogens is 4. The maximum absolute atomic E-state index is 12.2. The van der Waals surface area contributed by atoms with Crippen molar-refractivity contribution in [3.05, 3.63) is 34.4 Å². The lowest BCUT2D eigenvalue weighted by Crippen LogP contribution is -2.10. The molecule has 2 aromatic rings. The van der Waals surface area contributed by atoms with Gasteiger partial charge in [-0.25, -0.2) is 0 Å². The van der Waals surface area contributed by atoms with Gasteiger partial charge in [0, 0.05) is 16.1 Å². The van der Waals surface area contributed by atoms with E-state index < -0.39 is 12.6 Å². The van der Waals surface area contributed by atoms with Gasteiger partial charge in [0.25, 0.3) is 0 Å². The molecule has 0 atom stereocenters. The summed E-state index contributed by atoms with van der Waals surface area (Å²) < 4.78 is 37.4. The highest BCUT2D eigenvalue weighted by Gasteiger charge is 2.28. The van der Waals surface area contributed by atoms with Crippen molar-refractivity contribution in [2.24, 2.45) is 0 Å². The van der Waals surface area contributed by atoms with E-state index in [0.717, 1.165) is 4.47 Å². The van der Waals surface area contributed by atoms with Gasteiger partial charge in [-0.15, -0.1) is 0 Å². The Hall–Kier alpha value is -0.970. The Kier molecular flexibility index (Phi) is 2.50. The van der Waals surface area contributed by atoms with Gasteiger partial charge in [0.2, 0.25) is 0 Å². The lowest BCUT2D eigenvalue weighted by Gasteiger charge is -2.04. The minimum atomic E-state index is -4.17. The van der Waals surface area contributed by atoms with Gasteiger partial charge in [-0.2, -0.15) is 13.2 Å². The summed E-state index contributed by atoms with van der Waals surface area (Å²) >= 11 is 3.28. The summed E-state index contributed by atoms with van der Waals surface area (Å²) in [5, 5.41) is 0.613. The largest absolute Gasteiger partial charge is 0.393 e. The van der Waals surface area contributed by atoms with Crippen molar-refractivity contribution in [3.8, 4) is 0 Å². The average Bonchev–Trinajstić information content (AvgIpc) is 2.48. The molecule has 0 spiro atoms. The van der Waals surface area contributed by atoms with Crippen LogP contribution in [0.5, 0.6) is 0 Å². The fourth-order valence-electron chi connectivity index (χ4n) is 1.54. The first-order chi connectivity index (χ1) is 6.97. The summed E-state index contributed by atoms with van der Waals surface area (Å²) in [5.74, 6) is 0. The molecule has 0 saturated heterocycles. The number of aromatic amines is 1. The summed E-state index contributed by atoms with van der Waals surface area (Å²) in [7, 11) is 0. The molecule has 1 aromatic heterocycles. The zero-order valence-electron chi connectivity index (χ0n) is 7.53. The van der Waals surface area contributed by atoms with Crippen LogP contribution in [0.15, 0.2) is 28.9 Å². The Labute approximate surface area is 92.4 Å². The van der Waals surface area contributed by atoms with Gasteiger partial charge in [0.15, 0.2) is 0 Å². The monoisotopic (exact) mass is 277 g/mol. The molecule has 80 valence electrons. The van der Waals surface area contributed by atoms with Crippen LogP contribution in [0.4, 0.5) is 13.2 Å². The minimum absolute atomic E-state index is 0.277. The highest BCUT2D eigenvalue weighted by atomic mass is 79.9. The number of H-pyrrole nitrogens is 1. The van der Waals surface area contributed by atoms with Gasteiger partial charge in [0.1, 0.15) is 0 Å². The first kappa shape index (κ1) is 10.5. The molecule has 0 saturated carbocycles. The highest BCUT2D eigenvalue weighted by Crippen LogP contribution is 2.29. The Morgan fingerprint density at radius 1 is 1.27 bits per heavy atom. The molecule has 5 heteroatoms. The second-order valence-corrected chi connectivity index (χ2v) is 4.12. The molecule has 0 bridgehead atoms. The number of para-hydroxylation sites is 1. The Bertz CT molecular complexity index is 487. The Morgan fingerprint density at radius 3 is 2.67 bits per heavy atom. The molecule has 1 nitrogen and oxygen atoms in total. The van der Waals surface area contributed by atoms with Gasteiger partial charge in [-0.05, 0) is 27.6 Å². The average molecular weight is 278 g/mol. The summed E-state index contributed by atoms with van der Waals surface area (Å²) in [6.07, 6.45) is -3.66. The van der Waals surface area contributed by atoms with Crippen LogP contribution in [0.25, 0.3) is 10.9 Å². The summed E-state index contributed by atoms with van der Waals surface area (Å²) in [4.78, 5) is 2.83. The number of hydrogen-bond donors (Lipinski definition) is 1. The smallest absolute Gasteiger partial charge is 0.360 e. The molecular weight excluding hydrogens is 271 g/mol. The van der Waals surface area contributed by atoms with Crippen molar-refractivity contribution in [3.63, 3.8) is 0 Å². The zero-order valence-corrected chi connectivity index (χ0v) is 9.11. The van der Waals surface area contributed by atoms with Gasteiger partial charge < -0.3 is 4.98 Å². The van der Waals surface area contributed by atoms with Gasteiger partial charge in [0.05, 0.1) is 11.9 Å². The number of aromatic nitrogens is 1. The van der Waals surface area contributed by atoms with Crippen molar-refractivity contribution in [1.29, 1.82) is 0 Å². The van der Waals surface area contributed by atoms with E-state index >= 15 is 0 Å². The van der Waals surface area contributed by atoms with E-state index in [9.17, 15) is 13.2 Å². The molecule has 0 fully saturated rings. The van der Waals surface area contributed by atoms with Crippen LogP contribution in [-0.4, -0.2) is 11.2 Å². The van der Waals surface area contributed by atoms with Gasteiger partial charge >= 0.3 is 6.18 Å². The lowest BCUT2D eigenvalue weighted by molar-refractivity contribution is -0.127. The SMILES string of the molecule is FC(F)(F)Cc1c[nH]c2c(Br)cccc12. The predicted octanol–water partition coefficient (Wildman–Crippen LogP) is 4.04. The third-order valence-electron chi connectivity index (χ3n) is 2.14. The predicted molar refractivity (Wildman–Crippen MR) is 55.8 cm³/mol. The van der Waals surface area contributed by atoms with E-state index in [4.69, 9.17) is 0 Å². The van der Waals surface area contributed by atoms with Gasteiger partial charge in [-0.1, -0.05) is 12.1 Å². The molecular formula is C10H7BrF3N. The van der Waals surface area contributed by atoms with E-state index in [2.05, 4.69) is 20.9 Å². The Balaban J connectivity index is 2.50. The summed E-state index contributed by atoms with van der Waals surface area (Å²) in [6, 6.07) is 5.19. The number of fused-ring (bicyclic) bond motifs is 1. The maximum atomic E-state index is 12.2. The standard InChI is InChI=1S/C10H7BrF3N/c11-8-3-1-2-7-6(4-10(12,13)14)5-15-9(7)8/h1-3,5,15H,4H2. The van der Waals surface area contributed by atoms with Crippen molar-refractivity contribution in [2.75, 3.05) is 0 Å². The number of hydrogen-bond acceptors (Lipinski definition) is 0. The summed E-state index contributed by atoms with van der Waals surface area (Å²) in [5.41, 5.74) is 0.982. The van der Waals surface area contributed by atoms with Crippen molar-refractivity contribution < 1.29 is 13.2 Å². The van der Waals surface area contributed by atoms with Crippen LogP contribution < -0.4 is 0 Å². The molecule has 0 amide bonds. The van der Waals surface area contributed by atoms with E-state index in [1.807, 2.05) is 0 Å². The van der Waals surface area contributed by atoms with E-state index in [-0.39, 0.29) is 5.56 Å². The first-order valence-electron chi connectivity index (χ1n) is 4.28. The third-order valence-corrected chi connectivity index (χ3v) is 2.80. The molecule has 2 rings (SSSR count). The van der Waals surface area contributed by atoms with Crippen molar-refractivity contribution >= 4 is 26.8 Å². The second kappa shape index (κ2) is 3.56. The zero-order chi connectivity index (χ0) is 11.1. The third kappa shape index (κ3) is 2.17. The lowest BCUT2D eigenvalue weighted by atomic mass is 10.1. The summed E-state index contributed by atoms with van der Waals surface area (Å²) in [6.45, 7) is 0. The van der Waals surface area contributed by atoms with Crippen LogP contribution in [0, 0.1) is 0 Å². The quantitative estimate of drug-likeness (QED) is 0.810. The maximum Gasteiger partial charge on any atom is 0.393 e. The molecule has 0 unspecified atom stereocenters. The Morgan fingerprint density at radius 2 is 2.00 bits per heavy atom. The molecule has 1 aromatic carbocycles. The molecule has 15 heavy (non-hydrogen) atoms. The van der Waals surface area contributed by atoms with Crippen molar-refractivity contribution in [2.45, 2.75) is 12.6 Å². The molecule has 0 aliphatic carbocycles. The van der Waals surface area contributed by atoms with Crippen LogP contribution in [-0.2, 0) is 6.42 Å². The molecule has 0 aliphatic rings. The van der Waals surface area contributed by atoms with Gasteiger partial charge in [-0.3, -0.25) is 0 Å². The number of nitrogens with one attached hydrogen (secondary N) is 1. The van der Waals surface area contributed by atoms with Crippen LogP contribution in [0.3, 0.4) is 0 Å². The normalized spacial score (nSPS) is 12.3. The highest BCUT2D eigenvalue weighted by molar-refractivity contribution is 9.10.